The minimum absolute atomic E-state index is 0.201. The summed E-state index contributed by atoms with van der Waals surface area (Å²) in [6.45, 7) is 5.68. The molecule has 142 valence electrons. The predicted molar refractivity (Wildman–Crippen MR) is 95.9 cm³/mol. The van der Waals surface area contributed by atoms with Crippen LogP contribution in [0.25, 0.3) is 0 Å². The normalized spacial score (nSPS) is 33.2. The fourth-order valence-corrected chi connectivity index (χ4v) is 3.20. The average molecular weight is 366 g/mol. The molecule has 0 aromatic carbocycles. The zero-order valence-corrected chi connectivity index (χ0v) is 15.0. The van der Waals surface area contributed by atoms with E-state index in [9.17, 15) is 13.6 Å². The number of carbonyl (C=O) groups excluding carboxylic acids is 1. The molecule has 3 heterocycles. The number of halogens is 2. The lowest BCUT2D eigenvalue weighted by molar-refractivity contribution is -0.126. The molecule has 0 spiro atoms. The first-order valence-electron chi connectivity index (χ1n) is 8.70. The number of alkyl halides is 1. The Kier molecular flexibility index (Phi) is 5.08. The Morgan fingerprint density at radius 3 is 2.96 bits per heavy atom. The van der Waals surface area contributed by atoms with Gasteiger partial charge in [-0.3, -0.25) is 15.1 Å². The first-order valence-corrected chi connectivity index (χ1v) is 8.70. The second-order valence-corrected chi connectivity index (χ2v) is 7.07. The van der Waals surface area contributed by atoms with Gasteiger partial charge in [0.2, 0.25) is 5.91 Å². The van der Waals surface area contributed by atoms with Crippen molar-refractivity contribution in [2.24, 2.45) is 15.9 Å². The highest BCUT2D eigenvalue weighted by atomic mass is 19.1. The highest BCUT2D eigenvalue weighted by Crippen LogP contribution is 2.33. The summed E-state index contributed by atoms with van der Waals surface area (Å²) in [7, 11) is 0. The van der Waals surface area contributed by atoms with Crippen LogP contribution in [0.1, 0.15) is 27.2 Å². The largest absolute Gasteiger partial charge is 0.367 e. The van der Waals surface area contributed by atoms with Gasteiger partial charge in [0.1, 0.15) is 24.0 Å². The maximum Gasteiger partial charge on any atom is 0.239 e. The maximum atomic E-state index is 14.3. The summed E-state index contributed by atoms with van der Waals surface area (Å²) in [6, 6.07) is 0. The Balaban J connectivity index is 1.78. The third-order valence-electron chi connectivity index (χ3n) is 4.63. The van der Waals surface area contributed by atoms with E-state index in [1.807, 2.05) is 6.92 Å². The van der Waals surface area contributed by atoms with Crippen LogP contribution in [0.15, 0.2) is 33.4 Å². The molecule has 7 nitrogen and oxygen atoms in total. The van der Waals surface area contributed by atoms with Crippen LogP contribution in [0.2, 0.25) is 0 Å². The molecule has 26 heavy (non-hydrogen) atoms. The van der Waals surface area contributed by atoms with Crippen molar-refractivity contribution in [3.05, 3.63) is 23.4 Å². The number of likely N-dealkylation sites (N-methyl/N-ethyl adjacent to an activating group) is 1. The van der Waals surface area contributed by atoms with Crippen molar-refractivity contribution in [1.29, 1.82) is 0 Å². The molecule has 0 saturated heterocycles. The van der Waals surface area contributed by atoms with E-state index in [1.54, 1.807) is 20.1 Å². The average Bonchev–Trinajstić information content (AvgIpc) is 3.00. The molecular weight excluding hydrogens is 342 g/mol. The Morgan fingerprint density at radius 2 is 2.23 bits per heavy atom. The van der Waals surface area contributed by atoms with Gasteiger partial charge in [-0.15, -0.1) is 0 Å². The lowest BCUT2D eigenvalue weighted by atomic mass is 9.93. The number of aliphatic imine (C=N–C) groups is 2. The van der Waals surface area contributed by atoms with Gasteiger partial charge in [0, 0.05) is 43.1 Å². The van der Waals surface area contributed by atoms with Crippen LogP contribution in [0, 0.1) is 5.92 Å². The standard InChI is InChI=1S/C17H24F2N6O/c1-4-20-16(26)17(2,3)25-15-12(19)8-23-14(24-15)11-7-22-13-10(11)5-9(18)6-21-13/h6-8,10,12-13,15,21,24-25H,4-5H2,1-3H3,(H,20,26)/t10-,12?,13?,15?/m0/s1. The van der Waals surface area contributed by atoms with Crippen molar-refractivity contribution in [1.82, 2.24) is 21.3 Å². The molecular formula is C17H24F2N6O. The van der Waals surface area contributed by atoms with Crippen molar-refractivity contribution in [3.8, 4) is 0 Å². The SMILES string of the molecule is CCNC(=O)C(C)(C)NC1NC(=C2C=NC3NC=C(F)C[C@@H]23)N=CC1F. The van der Waals surface area contributed by atoms with Crippen LogP contribution in [0.4, 0.5) is 8.78 Å². The van der Waals surface area contributed by atoms with Crippen molar-refractivity contribution in [3.63, 3.8) is 0 Å². The lowest BCUT2D eigenvalue weighted by Gasteiger charge is -2.35. The number of hydrogen-bond donors (Lipinski definition) is 4. The van der Waals surface area contributed by atoms with Crippen LogP contribution in [0.5, 0.6) is 0 Å². The Labute approximate surface area is 151 Å². The molecule has 0 radical (unpaired) electrons. The van der Waals surface area contributed by atoms with Gasteiger partial charge in [0.25, 0.3) is 0 Å². The highest BCUT2D eigenvalue weighted by molar-refractivity contribution is 5.86. The van der Waals surface area contributed by atoms with Gasteiger partial charge >= 0.3 is 0 Å². The molecule has 4 atom stereocenters. The summed E-state index contributed by atoms with van der Waals surface area (Å²) in [5, 5.41) is 11.6. The number of hydrogen-bond acceptors (Lipinski definition) is 6. The summed E-state index contributed by atoms with van der Waals surface area (Å²) >= 11 is 0. The van der Waals surface area contributed by atoms with Crippen molar-refractivity contribution in [2.45, 2.75) is 51.2 Å². The van der Waals surface area contributed by atoms with Crippen LogP contribution < -0.4 is 21.3 Å². The molecule has 1 amide bonds. The molecule has 0 bridgehead atoms. The van der Waals surface area contributed by atoms with Crippen molar-refractivity contribution < 1.29 is 13.6 Å². The smallest absolute Gasteiger partial charge is 0.239 e. The van der Waals surface area contributed by atoms with Gasteiger partial charge in [-0.25, -0.2) is 13.8 Å². The molecule has 3 unspecified atom stereocenters. The molecule has 9 heteroatoms. The Bertz CT molecular complexity index is 699. The zero-order chi connectivity index (χ0) is 18.9. The molecule has 4 N–H and O–H groups in total. The highest BCUT2D eigenvalue weighted by Gasteiger charge is 2.38. The van der Waals surface area contributed by atoms with Crippen molar-refractivity contribution in [2.75, 3.05) is 6.54 Å². The number of nitrogens with zero attached hydrogens (tertiary/aromatic N) is 2. The van der Waals surface area contributed by atoms with Crippen LogP contribution in [-0.4, -0.2) is 48.9 Å². The van der Waals surface area contributed by atoms with E-state index < -0.39 is 17.9 Å². The molecule has 0 fully saturated rings. The number of amides is 1. The minimum atomic E-state index is -1.41. The summed E-state index contributed by atoms with van der Waals surface area (Å²) in [4.78, 5) is 20.6. The van der Waals surface area contributed by atoms with Crippen LogP contribution >= 0.6 is 0 Å². The van der Waals surface area contributed by atoms with E-state index in [1.165, 1.54) is 12.4 Å². The molecule has 3 aliphatic heterocycles. The Morgan fingerprint density at radius 1 is 1.46 bits per heavy atom. The zero-order valence-electron chi connectivity index (χ0n) is 15.0. The summed E-state index contributed by atoms with van der Waals surface area (Å²) < 4.78 is 28.0. The first-order chi connectivity index (χ1) is 12.3. The number of rotatable bonds is 4. The minimum Gasteiger partial charge on any atom is -0.367 e. The van der Waals surface area contributed by atoms with E-state index in [0.717, 1.165) is 5.57 Å². The van der Waals surface area contributed by atoms with E-state index in [4.69, 9.17) is 0 Å². The number of fused-ring (bicyclic) bond motifs is 1. The Hall–Kier alpha value is -2.29. The summed E-state index contributed by atoms with van der Waals surface area (Å²) in [5.41, 5.74) is -0.261. The monoisotopic (exact) mass is 366 g/mol. The molecule has 3 rings (SSSR count). The third-order valence-corrected chi connectivity index (χ3v) is 4.63. The number of allylic oxidation sites excluding steroid dienone is 1. The summed E-state index contributed by atoms with van der Waals surface area (Å²) in [6.07, 6.45) is 1.87. The number of carbonyl (C=O) groups is 1. The van der Waals surface area contributed by atoms with E-state index >= 15 is 0 Å². The number of nitrogens with one attached hydrogen (secondary N) is 4. The third kappa shape index (κ3) is 3.62. The second kappa shape index (κ2) is 7.14. The predicted octanol–water partition coefficient (Wildman–Crippen LogP) is 0.871. The molecule has 0 aromatic rings. The molecule has 0 aromatic heterocycles. The lowest BCUT2D eigenvalue weighted by Crippen LogP contribution is -2.63. The molecule has 0 aliphatic carbocycles. The summed E-state index contributed by atoms with van der Waals surface area (Å²) in [5.74, 6) is -0.245. The van der Waals surface area contributed by atoms with Gasteiger partial charge in [0.15, 0.2) is 6.17 Å². The van der Waals surface area contributed by atoms with E-state index in [2.05, 4.69) is 31.3 Å². The van der Waals surface area contributed by atoms with E-state index in [-0.39, 0.29) is 30.2 Å². The van der Waals surface area contributed by atoms with Crippen LogP contribution in [-0.2, 0) is 4.79 Å². The fraction of sp³-hybridized carbons (Fsp3) is 0.588. The van der Waals surface area contributed by atoms with Gasteiger partial charge in [0.05, 0.1) is 5.54 Å². The van der Waals surface area contributed by atoms with E-state index in [0.29, 0.717) is 12.4 Å². The first kappa shape index (κ1) is 18.5. The van der Waals surface area contributed by atoms with Gasteiger partial charge in [-0.1, -0.05) is 0 Å². The molecule has 3 aliphatic rings. The topological polar surface area (TPSA) is 89.9 Å². The van der Waals surface area contributed by atoms with Crippen molar-refractivity contribution >= 4 is 18.3 Å². The van der Waals surface area contributed by atoms with Crippen LogP contribution in [0.3, 0.4) is 0 Å². The maximum absolute atomic E-state index is 14.3. The van der Waals surface area contributed by atoms with Gasteiger partial charge in [-0.2, -0.15) is 0 Å². The van der Waals surface area contributed by atoms with Gasteiger partial charge in [-0.05, 0) is 20.8 Å². The van der Waals surface area contributed by atoms with Gasteiger partial charge < -0.3 is 16.0 Å². The fourth-order valence-electron chi connectivity index (χ4n) is 3.20. The molecule has 0 saturated carbocycles. The second-order valence-electron chi connectivity index (χ2n) is 7.07. The quantitative estimate of drug-likeness (QED) is 0.594.